The number of aromatic hydroxyl groups is 1. The van der Waals surface area contributed by atoms with Crippen molar-refractivity contribution in [1.29, 1.82) is 0 Å². The molecular formula is C13H18N2O3. The van der Waals surface area contributed by atoms with Crippen LogP contribution in [0, 0.1) is 0 Å². The molecule has 18 heavy (non-hydrogen) atoms. The van der Waals surface area contributed by atoms with Crippen molar-refractivity contribution < 1.29 is 14.7 Å². The van der Waals surface area contributed by atoms with E-state index in [9.17, 15) is 9.59 Å². The summed E-state index contributed by atoms with van der Waals surface area (Å²) in [4.78, 5) is 22.6. The number of carbonyl (C=O) groups is 2. The van der Waals surface area contributed by atoms with Crippen LogP contribution in [-0.2, 0) is 16.0 Å². The molecule has 3 N–H and O–H groups in total. The van der Waals surface area contributed by atoms with E-state index in [1.165, 1.54) is 0 Å². The summed E-state index contributed by atoms with van der Waals surface area (Å²) in [6.07, 6.45) is 0.612. The molecule has 1 aromatic rings. The van der Waals surface area contributed by atoms with Gasteiger partial charge in [-0.3, -0.25) is 9.59 Å². The van der Waals surface area contributed by atoms with Gasteiger partial charge in [-0.2, -0.15) is 0 Å². The zero-order valence-electron chi connectivity index (χ0n) is 10.6. The van der Waals surface area contributed by atoms with Crippen LogP contribution in [0.2, 0.25) is 0 Å². The normalized spacial score (nSPS) is 10.2. The second-order valence-corrected chi connectivity index (χ2v) is 4.30. The SMILES string of the molecule is CC(C)NC(=O)C(=O)NCCc1ccc(O)cc1. The highest BCUT2D eigenvalue weighted by atomic mass is 16.3. The molecule has 0 heterocycles. The second kappa shape index (κ2) is 6.64. The third-order valence-corrected chi connectivity index (χ3v) is 2.26. The number of rotatable bonds is 4. The Morgan fingerprint density at radius 2 is 1.78 bits per heavy atom. The van der Waals surface area contributed by atoms with Crippen molar-refractivity contribution in [3.8, 4) is 5.75 Å². The molecule has 0 atom stereocenters. The molecule has 0 unspecified atom stereocenters. The molecule has 0 aliphatic heterocycles. The van der Waals surface area contributed by atoms with E-state index >= 15 is 0 Å². The second-order valence-electron chi connectivity index (χ2n) is 4.30. The van der Waals surface area contributed by atoms with Crippen LogP contribution in [-0.4, -0.2) is 29.5 Å². The van der Waals surface area contributed by atoms with Gasteiger partial charge in [-0.15, -0.1) is 0 Å². The van der Waals surface area contributed by atoms with E-state index in [1.807, 2.05) is 0 Å². The lowest BCUT2D eigenvalue weighted by Crippen LogP contribution is -2.43. The van der Waals surface area contributed by atoms with Crippen molar-refractivity contribution in [2.75, 3.05) is 6.54 Å². The van der Waals surface area contributed by atoms with E-state index < -0.39 is 11.8 Å². The monoisotopic (exact) mass is 250 g/mol. The molecule has 0 bridgehead atoms. The molecule has 1 rings (SSSR count). The topological polar surface area (TPSA) is 78.4 Å². The predicted octanol–water partition coefficient (Wildman–Crippen LogP) is 0.575. The molecule has 2 amide bonds. The molecule has 0 spiro atoms. The smallest absolute Gasteiger partial charge is 0.309 e. The average Bonchev–Trinajstić information content (AvgIpc) is 2.30. The third kappa shape index (κ3) is 4.86. The van der Waals surface area contributed by atoms with Crippen molar-refractivity contribution in [2.45, 2.75) is 26.3 Å². The first-order chi connectivity index (χ1) is 8.49. The van der Waals surface area contributed by atoms with Gasteiger partial charge in [0, 0.05) is 12.6 Å². The molecule has 1 aromatic carbocycles. The van der Waals surface area contributed by atoms with E-state index in [0.717, 1.165) is 5.56 Å². The van der Waals surface area contributed by atoms with E-state index in [1.54, 1.807) is 38.1 Å². The Hall–Kier alpha value is -2.04. The van der Waals surface area contributed by atoms with Gasteiger partial charge in [-0.25, -0.2) is 0 Å². The Morgan fingerprint density at radius 3 is 2.33 bits per heavy atom. The maximum atomic E-state index is 11.4. The van der Waals surface area contributed by atoms with Crippen LogP contribution < -0.4 is 10.6 Å². The van der Waals surface area contributed by atoms with Crippen molar-refractivity contribution >= 4 is 11.8 Å². The van der Waals surface area contributed by atoms with E-state index in [4.69, 9.17) is 5.11 Å². The highest BCUT2D eigenvalue weighted by Gasteiger charge is 2.13. The van der Waals surface area contributed by atoms with Gasteiger partial charge in [0.1, 0.15) is 5.75 Å². The molecule has 0 saturated heterocycles. The summed E-state index contributed by atoms with van der Waals surface area (Å²) < 4.78 is 0. The number of hydrogen-bond donors (Lipinski definition) is 3. The molecule has 0 saturated carbocycles. The maximum Gasteiger partial charge on any atom is 0.309 e. The van der Waals surface area contributed by atoms with Gasteiger partial charge in [-0.1, -0.05) is 12.1 Å². The van der Waals surface area contributed by atoms with E-state index in [-0.39, 0.29) is 11.8 Å². The van der Waals surface area contributed by atoms with Crippen molar-refractivity contribution in [2.24, 2.45) is 0 Å². The molecule has 5 heteroatoms. The Morgan fingerprint density at radius 1 is 1.17 bits per heavy atom. The number of benzene rings is 1. The zero-order chi connectivity index (χ0) is 13.5. The van der Waals surface area contributed by atoms with Gasteiger partial charge in [0.25, 0.3) is 0 Å². The fourth-order valence-electron chi connectivity index (χ4n) is 1.39. The molecular weight excluding hydrogens is 232 g/mol. The van der Waals surface area contributed by atoms with Crippen LogP contribution in [0.4, 0.5) is 0 Å². The number of phenolic OH excluding ortho intramolecular Hbond substituents is 1. The van der Waals surface area contributed by atoms with Gasteiger partial charge in [0.2, 0.25) is 0 Å². The summed E-state index contributed by atoms with van der Waals surface area (Å²) in [5.41, 5.74) is 0.984. The van der Waals surface area contributed by atoms with Crippen LogP contribution in [0.15, 0.2) is 24.3 Å². The molecule has 5 nitrogen and oxygen atoms in total. The van der Waals surface area contributed by atoms with Crippen LogP contribution in [0.25, 0.3) is 0 Å². The summed E-state index contributed by atoms with van der Waals surface area (Å²) in [7, 11) is 0. The lowest BCUT2D eigenvalue weighted by atomic mass is 10.1. The Balaban J connectivity index is 2.31. The number of amides is 2. The standard InChI is InChI=1S/C13H18N2O3/c1-9(2)15-13(18)12(17)14-8-7-10-3-5-11(16)6-4-10/h3-6,9,16H,7-8H2,1-2H3,(H,14,17)(H,15,18). The largest absolute Gasteiger partial charge is 0.508 e. The van der Waals surface area contributed by atoms with Gasteiger partial charge >= 0.3 is 11.8 Å². The summed E-state index contributed by atoms with van der Waals surface area (Å²) in [6.45, 7) is 3.97. The number of carbonyl (C=O) groups excluding carboxylic acids is 2. The Labute approximate surface area is 106 Å². The fourth-order valence-corrected chi connectivity index (χ4v) is 1.39. The lowest BCUT2D eigenvalue weighted by molar-refractivity contribution is -0.139. The highest BCUT2D eigenvalue weighted by molar-refractivity contribution is 6.35. The fraction of sp³-hybridized carbons (Fsp3) is 0.385. The molecule has 0 aliphatic carbocycles. The van der Waals surface area contributed by atoms with Crippen LogP contribution >= 0.6 is 0 Å². The van der Waals surface area contributed by atoms with Gasteiger partial charge < -0.3 is 15.7 Å². The quantitative estimate of drug-likeness (QED) is 0.684. The maximum absolute atomic E-state index is 11.4. The highest BCUT2D eigenvalue weighted by Crippen LogP contribution is 2.09. The first kappa shape index (κ1) is 14.0. The minimum atomic E-state index is -0.623. The van der Waals surface area contributed by atoms with E-state index in [2.05, 4.69) is 10.6 Å². The lowest BCUT2D eigenvalue weighted by Gasteiger charge is -2.08. The first-order valence-corrected chi connectivity index (χ1v) is 5.85. The van der Waals surface area contributed by atoms with Crippen molar-refractivity contribution in [3.05, 3.63) is 29.8 Å². The van der Waals surface area contributed by atoms with Crippen molar-refractivity contribution in [3.63, 3.8) is 0 Å². The molecule has 0 radical (unpaired) electrons. The van der Waals surface area contributed by atoms with E-state index in [0.29, 0.717) is 13.0 Å². The zero-order valence-corrected chi connectivity index (χ0v) is 10.6. The van der Waals surface area contributed by atoms with Crippen LogP contribution in [0.3, 0.4) is 0 Å². The van der Waals surface area contributed by atoms with Crippen LogP contribution in [0.1, 0.15) is 19.4 Å². The van der Waals surface area contributed by atoms with Crippen molar-refractivity contribution in [1.82, 2.24) is 10.6 Å². The minimum absolute atomic E-state index is 0.0552. The summed E-state index contributed by atoms with van der Waals surface area (Å²) >= 11 is 0. The third-order valence-electron chi connectivity index (χ3n) is 2.26. The summed E-state index contributed by atoms with van der Waals surface area (Å²) in [5.74, 6) is -1.03. The summed E-state index contributed by atoms with van der Waals surface area (Å²) in [6, 6.07) is 6.66. The Bertz CT molecular complexity index is 413. The number of hydrogen-bond acceptors (Lipinski definition) is 3. The Kier molecular flexibility index (Phi) is 5.17. The predicted molar refractivity (Wildman–Crippen MR) is 68.1 cm³/mol. The van der Waals surface area contributed by atoms with Gasteiger partial charge in [0.15, 0.2) is 0 Å². The van der Waals surface area contributed by atoms with Crippen LogP contribution in [0.5, 0.6) is 5.75 Å². The molecule has 0 aromatic heterocycles. The minimum Gasteiger partial charge on any atom is -0.508 e. The number of nitrogens with one attached hydrogen (secondary N) is 2. The first-order valence-electron chi connectivity index (χ1n) is 5.85. The van der Waals surface area contributed by atoms with Gasteiger partial charge in [0.05, 0.1) is 0 Å². The molecule has 0 aliphatic rings. The molecule has 98 valence electrons. The average molecular weight is 250 g/mol. The number of phenols is 1. The molecule has 0 fully saturated rings. The summed E-state index contributed by atoms with van der Waals surface area (Å²) in [5, 5.41) is 14.2. The van der Waals surface area contributed by atoms with Gasteiger partial charge in [-0.05, 0) is 38.0 Å².